The van der Waals surface area contributed by atoms with Crippen molar-refractivity contribution in [3.8, 4) is 5.75 Å². The quantitative estimate of drug-likeness (QED) is 0.437. The normalized spacial score (nSPS) is 12.4. The van der Waals surface area contributed by atoms with Gasteiger partial charge >= 0.3 is 5.97 Å². The number of rotatable bonds is 6. The standard InChI is InChI=1S/C20H16Br2ClN3O4/c1-3-17-25-16-5-4-12(21)8-13(16)19(27)26(17)24-9-11-6-14(22)18(15(23)7-11)30-10(2)20(28)29/h4-10H,3H2,1-2H3,(H,28,29)/t10-/m0/s1. The van der Waals surface area contributed by atoms with Gasteiger partial charge in [-0.05, 0) is 58.7 Å². The number of ether oxygens (including phenoxy) is 1. The van der Waals surface area contributed by atoms with E-state index in [9.17, 15) is 9.59 Å². The maximum Gasteiger partial charge on any atom is 0.344 e. The molecule has 1 N–H and O–H groups in total. The monoisotopic (exact) mass is 555 g/mol. The number of benzene rings is 2. The molecule has 7 nitrogen and oxygen atoms in total. The number of aliphatic carboxylic acids is 1. The maximum atomic E-state index is 12.9. The third-order valence-electron chi connectivity index (χ3n) is 4.18. The summed E-state index contributed by atoms with van der Waals surface area (Å²) in [5, 5.41) is 14.0. The molecule has 0 saturated heterocycles. The summed E-state index contributed by atoms with van der Waals surface area (Å²) in [4.78, 5) is 28.5. The van der Waals surface area contributed by atoms with Crippen molar-refractivity contribution in [2.75, 3.05) is 0 Å². The first kappa shape index (κ1) is 22.5. The summed E-state index contributed by atoms with van der Waals surface area (Å²) in [5.41, 5.74) is 0.909. The molecule has 1 heterocycles. The van der Waals surface area contributed by atoms with Gasteiger partial charge < -0.3 is 9.84 Å². The minimum atomic E-state index is -1.11. The number of fused-ring (bicyclic) bond motifs is 1. The molecule has 0 saturated carbocycles. The summed E-state index contributed by atoms with van der Waals surface area (Å²) in [6.45, 7) is 3.30. The lowest BCUT2D eigenvalue weighted by molar-refractivity contribution is -0.144. The summed E-state index contributed by atoms with van der Waals surface area (Å²) >= 11 is 13.0. The van der Waals surface area contributed by atoms with Crippen LogP contribution in [0.5, 0.6) is 5.75 Å². The summed E-state index contributed by atoms with van der Waals surface area (Å²) in [6, 6.07) is 8.56. The van der Waals surface area contributed by atoms with E-state index < -0.39 is 12.1 Å². The molecule has 10 heteroatoms. The average Bonchev–Trinajstić information content (AvgIpc) is 2.70. The van der Waals surface area contributed by atoms with Crippen molar-refractivity contribution in [1.82, 2.24) is 9.66 Å². The van der Waals surface area contributed by atoms with Gasteiger partial charge in [0.1, 0.15) is 5.82 Å². The predicted molar refractivity (Wildman–Crippen MR) is 123 cm³/mol. The number of aromatic nitrogens is 2. The number of halogens is 3. The topological polar surface area (TPSA) is 93.8 Å². The van der Waals surface area contributed by atoms with Crippen LogP contribution < -0.4 is 10.3 Å². The molecule has 0 radical (unpaired) electrons. The molecule has 0 spiro atoms. The Morgan fingerprint density at radius 3 is 2.73 bits per heavy atom. The highest BCUT2D eigenvalue weighted by atomic mass is 79.9. The average molecular weight is 558 g/mol. The van der Waals surface area contributed by atoms with Crippen molar-refractivity contribution in [1.29, 1.82) is 0 Å². The first-order chi connectivity index (χ1) is 14.2. The van der Waals surface area contributed by atoms with Crippen molar-refractivity contribution in [2.45, 2.75) is 26.4 Å². The van der Waals surface area contributed by atoms with Gasteiger partial charge in [-0.1, -0.05) is 34.5 Å². The van der Waals surface area contributed by atoms with Gasteiger partial charge in [-0.2, -0.15) is 9.78 Å². The summed E-state index contributed by atoms with van der Waals surface area (Å²) in [5.74, 6) is -0.371. The highest BCUT2D eigenvalue weighted by Gasteiger charge is 2.17. The highest BCUT2D eigenvalue weighted by Crippen LogP contribution is 2.35. The lowest BCUT2D eigenvalue weighted by Crippen LogP contribution is -2.23. The van der Waals surface area contributed by atoms with Crippen molar-refractivity contribution in [3.05, 3.63) is 66.0 Å². The fourth-order valence-electron chi connectivity index (χ4n) is 2.66. The molecule has 1 aromatic heterocycles. The molecule has 2 aromatic carbocycles. The Hall–Kier alpha value is -2.23. The van der Waals surface area contributed by atoms with Gasteiger partial charge in [0, 0.05) is 10.9 Å². The Morgan fingerprint density at radius 2 is 2.10 bits per heavy atom. The number of hydrogen-bond acceptors (Lipinski definition) is 5. The van der Waals surface area contributed by atoms with Crippen molar-refractivity contribution in [2.24, 2.45) is 5.10 Å². The maximum absolute atomic E-state index is 12.9. The van der Waals surface area contributed by atoms with E-state index in [2.05, 4.69) is 41.9 Å². The van der Waals surface area contributed by atoms with Crippen LogP contribution in [0.3, 0.4) is 0 Å². The van der Waals surface area contributed by atoms with E-state index in [1.54, 1.807) is 24.3 Å². The van der Waals surface area contributed by atoms with Crippen molar-refractivity contribution >= 4 is 66.5 Å². The van der Waals surface area contributed by atoms with Crippen LogP contribution in [0.25, 0.3) is 10.9 Å². The Bertz CT molecular complexity index is 1200. The minimum Gasteiger partial charge on any atom is -0.479 e. The SMILES string of the molecule is CCc1nc2ccc(Br)cc2c(=O)n1N=Cc1cc(Cl)c(O[C@@H](C)C(=O)O)c(Br)c1. The van der Waals surface area contributed by atoms with Crippen LogP contribution in [0.2, 0.25) is 5.02 Å². The van der Waals surface area contributed by atoms with Gasteiger partial charge in [-0.3, -0.25) is 4.79 Å². The van der Waals surface area contributed by atoms with Crippen LogP contribution in [0, 0.1) is 0 Å². The third kappa shape index (κ3) is 4.74. The van der Waals surface area contributed by atoms with E-state index in [0.717, 1.165) is 4.47 Å². The van der Waals surface area contributed by atoms with E-state index in [1.165, 1.54) is 17.8 Å². The first-order valence-electron chi connectivity index (χ1n) is 8.85. The Kier molecular flexibility index (Phi) is 6.95. The number of carboxylic acids is 1. The molecular weight excluding hydrogens is 541 g/mol. The van der Waals surface area contributed by atoms with E-state index in [4.69, 9.17) is 21.4 Å². The predicted octanol–water partition coefficient (Wildman–Crippen LogP) is 4.87. The largest absolute Gasteiger partial charge is 0.479 e. The zero-order chi connectivity index (χ0) is 22.0. The number of hydrogen-bond donors (Lipinski definition) is 1. The summed E-state index contributed by atoms with van der Waals surface area (Å²) in [6.07, 6.45) is 0.933. The smallest absolute Gasteiger partial charge is 0.344 e. The molecular formula is C20H16Br2ClN3O4. The van der Waals surface area contributed by atoms with E-state index in [0.29, 0.717) is 33.2 Å². The Morgan fingerprint density at radius 1 is 1.37 bits per heavy atom. The van der Waals surface area contributed by atoms with Gasteiger partial charge in [0.05, 0.1) is 26.6 Å². The lowest BCUT2D eigenvalue weighted by atomic mass is 10.2. The van der Waals surface area contributed by atoms with Gasteiger partial charge in [0.25, 0.3) is 5.56 Å². The zero-order valence-corrected chi connectivity index (χ0v) is 19.8. The van der Waals surface area contributed by atoms with E-state index >= 15 is 0 Å². The van der Waals surface area contributed by atoms with Crippen LogP contribution in [0.4, 0.5) is 0 Å². The molecule has 0 bridgehead atoms. The number of carboxylic acid groups (broad SMARTS) is 1. The van der Waals surface area contributed by atoms with Crippen LogP contribution in [-0.2, 0) is 11.2 Å². The van der Waals surface area contributed by atoms with Gasteiger partial charge in [-0.25, -0.2) is 9.78 Å². The molecule has 0 aliphatic carbocycles. The van der Waals surface area contributed by atoms with Crippen molar-refractivity contribution < 1.29 is 14.6 Å². The second-order valence-corrected chi connectivity index (χ2v) is 8.49. The summed E-state index contributed by atoms with van der Waals surface area (Å²) in [7, 11) is 0. The molecule has 0 aliphatic rings. The lowest BCUT2D eigenvalue weighted by Gasteiger charge is -2.14. The first-order valence-corrected chi connectivity index (χ1v) is 10.8. The second-order valence-electron chi connectivity index (χ2n) is 6.32. The van der Waals surface area contributed by atoms with Gasteiger partial charge in [-0.15, -0.1) is 0 Å². The third-order valence-corrected chi connectivity index (χ3v) is 5.54. The molecule has 0 fully saturated rings. The molecule has 0 unspecified atom stereocenters. The second kappa shape index (κ2) is 9.28. The van der Waals surface area contributed by atoms with E-state index in [-0.39, 0.29) is 16.3 Å². The number of nitrogens with zero attached hydrogens (tertiary/aromatic N) is 3. The van der Waals surface area contributed by atoms with Crippen LogP contribution in [0.15, 0.2) is 49.2 Å². The minimum absolute atomic E-state index is 0.211. The Balaban J connectivity index is 2.01. The zero-order valence-electron chi connectivity index (χ0n) is 15.9. The van der Waals surface area contributed by atoms with Crippen LogP contribution in [-0.4, -0.2) is 33.1 Å². The van der Waals surface area contributed by atoms with Crippen molar-refractivity contribution in [3.63, 3.8) is 0 Å². The molecule has 0 amide bonds. The van der Waals surface area contributed by atoms with Crippen LogP contribution in [0.1, 0.15) is 25.2 Å². The Labute approximate surface area is 193 Å². The number of carbonyl (C=O) groups is 1. The van der Waals surface area contributed by atoms with Crippen LogP contribution >= 0.6 is 43.5 Å². The molecule has 3 aromatic rings. The molecule has 30 heavy (non-hydrogen) atoms. The molecule has 1 atom stereocenters. The highest BCUT2D eigenvalue weighted by molar-refractivity contribution is 9.10. The number of aryl methyl sites for hydroxylation is 1. The van der Waals surface area contributed by atoms with Gasteiger partial charge in [0.15, 0.2) is 11.9 Å². The van der Waals surface area contributed by atoms with Gasteiger partial charge in [0.2, 0.25) is 0 Å². The molecule has 156 valence electrons. The fourth-order valence-corrected chi connectivity index (χ4v) is 3.98. The molecule has 0 aliphatic heterocycles. The molecule has 3 rings (SSSR count). The summed E-state index contributed by atoms with van der Waals surface area (Å²) < 4.78 is 7.87. The fraction of sp³-hybridized carbons (Fsp3) is 0.200. The van der Waals surface area contributed by atoms with E-state index in [1.807, 2.05) is 13.0 Å².